The smallest absolute Gasteiger partial charge is 0.248 e. The van der Waals surface area contributed by atoms with Crippen molar-refractivity contribution in [3.63, 3.8) is 0 Å². The molecule has 3 heterocycles. The van der Waals surface area contributed by atoms with Gasteiger partial charge in [-0.2, -0.15) is 0 Å². The van der Waals surface area contributed by atoms with Crippen LogP contribution in [0.25, 0.3) is 0 Å². The molecule has 0 radical (unpaired) electrons. The molecule has 3 fully saturated rings. The Morgan fingerprint density at radius 1 is 0.783 bits per heavy atom. The van der Waals surface area contributed by atoms with Crippen molar-refractivity contribution < 1.29 is 42.2 Å². The Labute approximate surface area is 351 Å². The minimum absolute atomic E-state index is 0.133. The third-order valence-corrected chi connectivity index (χ3v) is 11.7. The van der Waals surface area contributed by atoms with Crippen molar-refractivity contribution in [2.24, 2.45) is 5.92 Å². The first-order valence-corrected chi connectivity index (χ1v) is 21.4. The van der Waals surface area contributed by atoms with Gasteiger partial charge in [0.1, 0.15) is 38.1 Å². The summed E-state index contributed by atoms with van der Waals surface area (Å²) >= 11 is 0. The van der Waals surface area contributed by atoms with E-state index in [2.05, 4.69) is 60.1 Å². The molecule has 1 saturated carbocycles. The van der Waals surface area contributed by atoms with Crippen LogP contribution in [0.4, 0.5) is 8.78 Å². The minimum atomic E-state index is -2.68. The normalized spacial score (nSPS) is 20.7. The quantitative estimate of drug-likeness (QED) is 0.104. The molecule has 5 amide bonds. The molecular weight excluding hydrogens is 781 g/mol. The fourth-order valence-electron chi connectivity index (χ4n) is 8.55. The Balaban J connectivity index is 1.04. The first kappa shape index (κ1) is 46.5. The van der Waals surface area contributed by atoms with Crippen LogP contribution in [-0.2, 0) is 39.9 Å². The van der Waals surface area contributed by atoms with Crippen LogP contribution in [0, 0.1) is 5.92 Å². The largest absolute Gasteiger partial charge is 0.362 e. The van der Waals surface area contributed by atoms with Gasteiger partial charge in [0.2, 0.25) is 35.5 Å². The number of alkyl halides is 2. The highest BCUT2D eigenvalue weighted by atomic mass is 19.3. The van der Waals surface area contributed by atoms with Crippen LogP contribution in [-0.4, -0.2) is 127 Å². The van der Waals surface area contributed by atoms with Crippen LogP contribution in [0.2, 0.25) is 0 Å². The van der Waals surface area contributed by atoms with Gasteiger partial charge in [-0.1, -0.05) is 44.2 Å². The lowest BCUT2D eigenvalue weighted by Gasteiger charge is -2.41. The van der Waals surface area contributed by atoms with Gasteiger partial charge in [0.05, 0.1) is 6.04 Å². The summed E-state index contributed by atoms with van der Waals surface area (Å²) in [6, 6.07) is 10.6. The highest BCUT2D eigenvalue weighted by Crippen LogP contribution is 2.43. The Bertz CT molecular complexity index is 1710. The fourth-order valence-corrected chi connectivity index (χ4v) is 8.55. The van der Waals surface area contributed by atoms with Gasteiger partial charge in [-0.05, 0) is 56.9 Å². The van der Waals surface area contributed by atoms with Crippen LogP contribution in [0.1, 0.15) is 113 Å². The third kappa shape index (κ3) is 14.0. The number of fused-ring (bicyclic) bond motifs is 2. The van der Waals surface area contributed by atoms with Crippen LogP contribution in [0.15, 0.2) is 30.3 Å². The van der Waals surface area contributed by atoms with Gasteiger partial charge in [0.15, 0.2) is 0 Å². The molecule has 18 heteroatoms. The average molecular weight is 844 g/mol. The summed E-state index contributed by atoms with van der Waals surface area (Å²) in [5.74, 6) is -2.74. The van der Waals surface area contributed by atoms with Crippen molar-refractivity contribution in [1.82, 2.24) is 46.2 Å². The summed E-state index contributed by atoms with van der Waals surface area (Å²) in [7, 11) is 1.47. The number of carbonyl (C=O) groups is 5. The molecular formula is C42H63F2N9O7. The minimum Gasteiger partial charge on any atom is -0.362 e. The molecule has 2 unspecified atom stereocenters. The maximum atomic E-state index is 13.8. The SMILES string of the molecule is CNC(=O)COCC(=O)NCCCNC(=O)COCC(=O)NCCc1nnc(C(C)C)n1C1CC2CCC(C1)N2CC[C@H](NC(=O)C1CCC(F)(F)CC1)c1ccccc1. The molecule has 60 heavy (non-hydrogen) atoms. The van der Waals surface area contributed by atoms with Crippen LogP contribution >= 0.6 is 0 Å². The Hall–Kier alpha value is -4.55. The standard InChI is InChI=1S/C42H63F2N9O7/c1-28(2)40-51-50-35(14-20-48-39(57)27-60-26-38(56)47-19-7-18-46-37(55)25-59-24-36(54)45-3)53(40)33-22-31-10-11-32(23-33)52(31)21-15-34(29-8-5-4-6-9-29)49-41(58)30-12-16-42(43,44)17-13-30/h4-6,8-9,28,30-34H,7,10-27H2,1-3H3,(H,45,54)(H,46,55)(H,47,56)(H,48,57)(H,49,58)/t31?,32?,33?,34-/m0/s1. The highest BCUT2D eigenvalue weighted by Gasteiger charge is 2.43. The number of rotatable bonds is 23. The molecule has 1 aromatic heterocycles. The Morgan fingerprint density at radius 3 is 1.92 bits per heavy atom. The van der Waals surface area contributed by atoms with Crippen LogP contribution in [0.3, 0.4) is 0 Å². The van der Waals surface area contributed by atoms with E-state index >= 15 is 0 Å². The molecule has 16 nitrogen and oxygen atoms in total. The monoisotopic (exact) mass is 843 g/mol. The van der Waals surface area contributed by atoms with Gasteiger partial charge in [0, 0.05) is 82.5 Å². The van der Waals surface area contributed by atoms with E-state index in [-0.39, 0.29) is 106 Å². The van der Waals surface area contributed by atoms with Crippen LogP contribution < -0.4 is 26.6 Å². The molecule has 0 spiro atoms. The number of carbonyl (C=O) groups excluding carboxylic acids is 5. The summed E-state index contributed by atoms with van der Waals surface area (Å²) in [6.07, 6.45) is 5.65. The second-order valence-electron chi connectivity index (χ2n) is 16.5. The van der Waals surface area contributed by atoms with Gasteiger partial charge in [-0.3, -0.25) is 28.9 Å². The van der Waals surface area contributed by atoms with Crippen molar-refractivity contribution in [3.8, 4) is 0 Å². The number of likely N-dealkylation sites (N-methyl/N-ethyl adjacent to an activating group) is 1. The van der Waals surface area contributed by atoms with Crippen molar-refractivity contribution in [2.45, 2.75) is 120 Å². The number of piperidine rings is 1. The summed E-state index contributed by atoms with van der Waals surface area (Å²) in [6.45, 7) is 4.96. The van der Waals surface area contributed by atoms with E-state index in [1.54, 1.807) is 0 Å². The number of benzene rings is 1. The predicted molar refractivity (Wildman–Crippen MR) is 218 cm³/mol. The first-order valence-electron chi connectivity index (χ1n) is 21.4. The zero-order valence-electron chi connectivity index (χ0n) is 35.2. The Kier molecular flexibility index (Phi) is 17.7. The average Bonchev–Trinajstić information content (AvgIpc) is 3.75. The number of halogens is 2. The summed E-state index contributed by atoms with van der Waals surface area (Å²) in [4.78, 5) is 63.4. The number of hydrogen-bond donors (Lipinski definition) is 5. The van der Waals surface area contributed by atoms with Gasteiger partial charge >= 0.3 is 0 Å². The molecule has 5 N–H and O–H groups in total. The maximum absolute atomic E-state index is 13.8. The number of aromatic nitrogens is 3. The van der Waals surface area contributed by atoms with Gasteiger partial charge in [0.25, 0.3) is 0 Å². The zero-order chi connectivity index (χ0) is 43.1. The van der Waals surface area contributed by atoms with Gasteiger partial charge in [-0.15, -0.1) is 10.2 Å². The van der Waals surface area contributed by atoms with E-state index in [0.717, 1.165) is 55.9 Å². The van der Waals surface area contributed by atoms with Crippen molar-refractivity contribution >= 4 is 29.5 Å². The maximum Gasteiger partial charge on any atom is 0.248 e. The lowest BCUT2D eigenvalue weighted by Crippen LogP contribution is -2.45. The number of amides is 5. The van der Waals surface area contributed by atoms with Crippen LogP contribution in [0.5, 0.6) is 0 Å². The van der Waals surface area contributed by atoms with E-state index in [4.69, 9.17) is 9.47 Å². The topological polar surface area (TPSA) is 198 Å². The molecule has 2 aromatic rings. The molecule has 2 saturated heterocycles. The summed E-state index contributed by atoms with van der Waals surface area (Å²) < 4.78 is 40.2. The zero-order valence-corrected chi connectivity index (χ0v) is 35.2. The molecule has 1 aliphatic carbocycles. The van der Waals surface area contributed by atoms with E-state index in [1.165, 1.54) is 7.05 Å². The lowest BCUT2D eigenvalue weighted by molar-refractivity contribution is -0.132. The van der Waals surface area contributed by atoms with Crippen molar-refractivity contribution in [2.75, 3.05) is 59.7 Å². The van der Waals surface area contributed by atoms with E-state index in [1.807, 2.05) is 30.3 Å². The lowest BCUT2D eigenvalue weighted by atomic mass is 9.86. The molecule has 2 aliphatic heterocycles. The van der Waals surface area contributed by atoms with Gasteiger partial charge in [-0.25, -0.2) is 8.78 Å². The number of nitrogens with one attached hydrogen (secondary N) is 5. The number of ether oxygens (including phenoxy) is 2. The second-order valence-corrected chi connectivity index (χ2v) is 16.5. The molecule has 3 aliphatic rings. The first-order chi connectivity index (χ1) is 28.8. The summed E-state index contributed by atoms with van der Waals surface area (Å²) in [5.41, 5.74) is 1.02. The molecule has 1 aromatic carbocycles. The van der Waals surface area contributed by atoms with E-state index < -0.39 is 5.92 Å². The summed E-state index contributed by atoms with van der Waals surface area (Å²) in [5, 5.41) is 22.9. The third-order valence-electron chi connectivity index (χ3n) is 11.7. The number of nitrogens with zero attached hydrogens (tertiary/aromatic N) is 4. The van der Waals surface area contributed by atoms with Gasteiger partial charge < -0.3 is 40.6 Å². The number of hydrogen-bond acceptors (Lipinski definition) is 10. The second kappa shape index (κ2) is 22.9. The van der Waals surface area contributed by atoms with E-state index in [9.17, 15) is 32.8 Å². The van der Waals surface area contributed by atoms with E-state index in [0.29, 0.717) is 44.6 Å². The van der Waals surface area contributed by atoms with Crippen molar-refractivity contribution in [3.05, 3.63) is 47.5 Å². The predicted octanol–water partition coefficient (Wildman–Crippen LogP) is 2.70. The molecule has 3 atom stereocenters. The Morgan fingerprint density at radius 2 is 1.35 bits per heavy atom. The molecule has 332 valence electrons. The molecule has 5 rings (SSSR count). The fraction of sp³-hybridized carbons (Fsp3) is 0.690. The molecule has 2 bridgehead atoms. The van der Waals surface area contributed by atoms with Crippen molar-refractivity contribution in [1.29, 1.82) is 0 Å². The highest BCUT2D eigenvalue weighted by molar-refractivity contribution is 5.80.